The molecule has 0 aromatic carbocycles. The van der Waals surface area contributed by atoms with E-state index in [9.17, 15) is 9.90 Å². The summed E-state index contributed by atoms with van der Waals surface area (Å²) in [5, 5.41) is 12.4. The molecule has 0 fully saturated rings. The lowest BCUT2D eigenvalue weighted by Crippen LogP contribution is -2.49. The third kappa shape index (κ3) is 6.36. The Kier molecular flexibility index (Phi) is 9.02. The molecule has 0 rings (SSSR count). The molecule has 0 aliphatic heterocycles. The first kappa shape index (κ1) is 17.4. The Morgan fingerprint density at radius 1 is 1.22 bits per heavy atom. The first-order chi connectivity index (χ1) is 8.50. The van der Waals surface area contributed by atoms with Gasteiger partial charge >= 0.3 is 5.97 Å². The van der Waals surface area contributed by atoms with E-state index in [-0.39, 0.29) is 0 Å². The Bertz CT molecular complexity index is 230. The van der Waals surface area contributed by atoms with Crippen molar-refractivity contribution < 1.29 is 9.90 Å². The molecule has 0 saturated heterocycles. The van der Waals surface area contributed by atoms with Crippen LogP contribution in [0.25, 0.3) is 0 Å². The zero-order chi connectivity index (χ0) is 14.0. The fourth-order valence-electron chi connectivity index (χ4n) is 2.03. The second-order valence-electron chi connectivity index (χ2n) is 5.05. The van der Waals surface area contributed by atoms with Crippen LogP contribution in [0.1, 0.15) is 53.4 Å². The molecule has 0 bridgehead atoms. The highest BCUT2D eigenvalue weighted by atomic mass is 16.4. The lowest BCUT2D eigenvalue weighted by molar-refractivity contribution is -0.144. The molecule has 1 atom stereocenters. The smallest absolute Gasteiger partial charge is 0.323 e. The van der Waals surface area contributed by atoms with Gasteiger partial charge in [0, 0.05) is 0 Å². The van der Waals surface area contributed by atoms with E-state index in [0.29, 0.717) is 6.42 Å². The SMILES string of the molecule is CCCNC(C)(CCCCN(CC)CC)C(=O)O. The molecule has 0 saturated carbocycles. The average molecular weight is 258 g/mol. The Morgan fingerprint density at radius 2 is 1.83 bits per heavy atom. The van der Waals surface area contributed by atoms with E-state index in [1.807, 2.05) is 0 Å². The van der Waals surface area contributed by atoms with Gasteiger partial charge in [-0.1, -0.05) is 20.8 Å². The van der Waals surface area contributed by atoms with Crippen LogP contribution in [0.5, 0.6) is 0 Å². The molecule has 1 unspecified atom stereocenters. The van der Waals surface area contributed by atoms with Gasteiger partial charge in [0.25, 0.3) is 0 Å². The van der Waals surface area contributed by atoms with Gasteiger partial charge in [-0.15, -0.1) is 0 Å². The van der Waals surface area contributed by atoms with E-state index >= 15 is 0 Å². The Labute approximate surface area is 112 Å². The number of hydrogen-bond acceptors (Lipinski definition) is 3. The van der Waals surface area contributed by atoms with Crippen molar-refractivity contribution in [2.75, 3.05) is 26.2 Å². The first-order valence-corrected chi connectivity index (χ1v) is 7.20. The fourth-order valence-corrected chi connectivity index (χ4v) is 2.03. The largest absolute Gasteiger partial charge is 0.480 e. The molecular formula is C14H30N2O2. The Hall–Kier alpha value is -0.610. The lowest BCUT2D eigenvalue weighted by Gasteiger charge is -2.26. The minimum absolute atomic E-state index is 0.698. The summed E-state index contributed by atoms with van der Waals surface area (Å²) in [6, 6.07) is 0. The third-order valence-electron chi connectivity index (χ3n) is 3.53. The van der Waals surface area contributed by atoms with E-state index < -0.39 is 11.5 Å². The van der Waals surface area contributed by atoms with Crippen molar-refractivity contribution in [3.8, 4) is 0 Å². The van der Waals surface area contributed by atoms with Gasteiger partial charge < -0.3 is 15.3 Å². The van der Waals surface area contributed by atoms with Crippen LogP contribution in [0.3, 0.4) is 0 Å². The average Bonchev–Trinajstić information content (AvgIpc) is 2.36. The molecule has 0 aliphatic carbocycles. The lowest BCUT2D eigenvalue weighted by atomic mass is 9.94. The van der Waals surface area contributed by atoms with Crippen LogP contribution in [0.2, 0.25) is 0 Å². The molecule has 108 valence electrons. The molecule has 4 nitrogen and oxygen atoms in total. The van der Waals surface area contributed by atoms with Crippen molar-refractivity contribution in [3.63, 3.8) is 0 Å². The summed E-state index contributed by atoms with van der Waals surface area (Å²) in [7, 11) is 0. The Morgan fingerprint density at radius 3 is 2.28 bits per heavy atom. The number of nitrogens with one attached hydrogen (secondary N) is 1. The molecule has 0 amide bonds. The van der Waals surface area contributed by atoms with Gasteiger partial charge in [-0.05, 0) is 58.8 Å². The topological polar surface area (TPSA) is 52.6 Å². The maximum absolute atomic E-state index is 11.3. The van der Waals surface area contributed by atoms with Gasteiger partial charge in [0.05, 0.1) is 0 Å². The number of carbonyl (C=O) groups is 1. The highest BCUT2D eigenvalue weighted by Gasteiger charge is 2.31. The van der Waals surface area contributed by atoms with Crippen LogP contribution in [-0.4, -0.2) is 47.7 Å². The van der Waals surface area contributed by atoms with Gasteiger partial charge in [-0.25, -0.2) is 0 Å². The third-order valence-corrected chi connectivity index (χ3v) is 3.53. The van der Waals surface area contributed by atoms with Crippen LogP contribution < -0.4 is 5.32 Å². The van der Waals surface area contributed by atoms with Gasteiger partial charge in [-0.2, -0.15) is 0 Å². The fraction of sp³-hybridized carbons (Fsp3) is 0.929. The van der Waals surface area contributed by atoms with Crippen LogP contribution in [0.4, 0.5) is 0 Å². The molecule has 0 aliphatic rings. The zero-order valence-electron chi connectivity index (χ0n) is 12.5. The number of carboxylic acids is 1. The van der Waals surface area contributed by atoms with Gasteiger partial charge in [0.2, 0.25) is 0 Å². The minimum Gasteiger partial charge on any atom is -0.480 e. The predicted octanol–water partition coefficient (Wildman–Crippen LogP) is 2.34. The quantitative estimate of drug-likeness (QED) is 0.559. The maximum Gasteiger partial charge on any atom is 0.323 e. The molecule has 0 aromatic rings. The summed E-state index contributed by atoms with van der Waals surface area (Å²) in [5.74, 6) is -0.737. The number of hydrogen-bond donors (Lipinski definition) is 2. The molecule has 4 heteroatoms. The highest BCUT2D eigenvalue weighted by molar-refractivity contribution is 5.78. The van der Waals surface area contributed by atoms with E-state index in [0.717, 1.165) is 45.4 Å². The van der Waals surface area contributed by atoms with Gasteiger partial charge in [-0.3, -0.25) is 4.79 Å². The standard InChI is InChI=1S/C14H30N2O2/c1-5-11-15-14(4,13(17)18)10-8-9-12-16(6-2)7-3/h15H,5-12H2,1-4H3,(H,17,18). The normalized spacial score (nSPS) is 14.7. The molecule has 2 N–H and O–H groups in total. The van der Waals surface area contributed by atoms with E-state index in [1.54, 1.807) is 6.92 Å². The predicted molar refractivity (Wildman–Crippen MR) is 76.0 cm³/mol. The number of rotatable bonds is 11. The Balaban J connectivity index is 4.01. The molecule has 0 spiro atoms. The van der Waals surface area contributed by atoms with Crippen LogP contribution in [0.15, 0.2) is 0 Å². The summed E-state index contributed by atoms with van der Waals surface area (Å²) in [6.07, 6.45) is 3.68. The maximum atomic E-state index is 11.3. The van der Waals surface area contributed by atoms with E-state index in [4.69, 9.17) is 0 Å². The zero-order valence-corrected chi connectivity index (χ0v) is 12.5. The number of nitrogens with zero attached hydrogens (tertiary/aromatic N) is 1. The molecule has 0 heterocycles. The van der Waals surface area contributed by atoms with Crippen LogP contribution >= 0.6 is 0 Å². The summed E-state index contributed by atoms with van der Waals surface area (Å²) >= 11 is 0. The van der Waals surface area contributed by atoms with Crippen molar-refractivity contribution in [3.05, 3.63) is 0 Å². The second kappa shape index (κ2) is 9.34. The van der Waals surface area contributed by atoms with Crippen molar-refractivity contribution in [1.29, 1.82) is 0 Å². The molecule has 0 radical (unpaired) electrons. The molecular weight excluding hydrogens is 228 g/mol. The van der Waals surface area contributed by atoms with Gasteiger partial charge in [0.15, 0.2) is 0 Å². The first-order valence-electron chi connectivity index (χ1n) is 7.20. The minimum atomic E-state index is -0.765. The number of unbranched alkanes of at least 4 members (excludes halogenated alkanes) is 1. The van der Waals surface area contributed by atoms with E-state index in [1.165, 1.54) is 0 Å². The monoisotopic (exact) mass is 258 g/mol. The van der Waals surface area contributed by atoms with Crippen LogP contribution in [0, 0.1) is 0 Å². The van der Waals surface area contributed by atoms with Crippen molar-refractivity contribution >= 4 is 5.97 Å². The van der Waals surface area contributed by atoms with Gasteiger partial charge in [0.1, 0.15) is 5.54 Å². The van der Waals surface area contributed by atoms with Crippen molar-refractivity contribution in [1.82, 2.24) is 10.2 Å². The molecule has 0 aromatic heterocycles. The second-order valence-corrected chi connectivity index (χ2v) is 5.05. The summed E-state index contributed by atoms with van der Waals surface area (Å²) in [6.45, 7) is 12.1. The summed E-state index contributed by atoms with van der Waals surface area (Å²) in [5.41, 5.74) is -0.765. The van der Waals surface area contributed by atoms with E-state index in [2.05, 4.69) is 31.0 Å². The van der Waals surface area contributed by atoms with Crippen molar-refractivity contribution in [2.24, 2.45) is 0 Å². The number of carboxylic acid groups (broad SMARTS) is 1. The summed E-state index contributed by atoms with van der Waals surface area (Å²) < 4.78 is 0. The van der Waals surface area contributed by atoms with Crippen LogP contribution in [-0.2, 0) is 4.79 Å². The van der Waals surface area contributed by atoms with Crippen molar-refractivity contribution in [2.45, 2.75) is 58.9 Å². The highest BCUT2D eigenvalue weighted by Crippen LogP contribution is 2.14. The number of aliphatic carboxylic acids is 1. The molecule has 18 heavy (non-hydrogen) atoms. The summed E-state index contributed by atoms with van der Waals surface area (Å²) in [4.78, 5) is 13.7.